The van der Waals surface area contributed by atoms with Gasteiger partial charge in [-0.3, -0.25) is 10.1 Å². The van der Waals surface area contributed by atoms with Crippen LogP contribution in [0.25, 0.3) is 0 Å². The first-order valence-corrected chi connectivity index (χ1v) is 7.93. The summed E-state index contributed by atoms with van der Waals surface area (Å²) < 4.78 is 23.7. The summed E-state index contributed by atoms with van der Waals surface area (Å²) in [7, 11) is -3.04. The van der Waals surface area contributed by atoms with E-state index in [1.165, 1.54) is 12.1 Å². The second-order valence-corrected chi connectivity index (χ2v) is 7.04. The molecule has 2 rings (SSSR count). The fourth-order valence-corrected chi connectivity index (χ4v) is 3.63. The Kier molecular flexibility index (Phi) is 4.16. The maximum absolute atomic E-state index is 11.8. The van der Waals surface area contributed by atoms with Gasteiger partial charge >= 0.3 is 0 Å². The zero-order valence-corrected chi connectivity index (χ0v) is 11.2. The molecular weight excluding hydrogens is 268 g/mol. The van der Waals surface area contributed by atoms with Gasteiger partial charge in [-0.1, -0.05) is 12.1 Å². The monoisotopic (exact) mass is 284 g/mol. The van der Waals surface area contributed by atoms with Gasteiger partial charge in [-0.15, -0.1) is 0 Å². The lowest BCUT2D eigenvalue weighted by Gasteiger charge is -2.26. The van der Waals surface area contributed by atoms with E-state index in [0.29, 0.717) is 6.42 Å². The van der Waals surface area contributed by atoms with Gasteiger partial charge in [-0.25, -0.2) is 8.42 Å². The molecule has 6 nitrogen and oxygen atoms in total. The molecule has 1 aliphatic rings. The summed E-state index contributed by atoms with van der Waals surface area (Å²) in [5.41, 5.74) is 0.827. The Morgan fingerprint density at radius 1 is 1.26 bits per heavy atom. The number of rotatable bonds is 6. The second kappa shape index (κ2) is 5.66. The molecule has 1 aromatic rings. The number of benzene rings is 1. The topological polar surface area (TPSA) is 89.3 Å². The molecule has 104 valence electrons. The molecule has 0 atom stereocenters. The Balaban J connectivity index is 1.88. The minimum atomic E-state index is -3.04. The average molecular weight is 284 g/mol. The van der Waals surface area contributed by atoms with Crippen molar-refractivity contribution in [2.24, 2.45) is 5.92 Å². The molecule has 19 heavy (non-hydrogen) atoms. The summed E-state index contributed by atoms with van der Waals surface area (Å²) in [4.78, 5) is 10.0. The predicted molar refractivity (Wildman–Crippen MR) is 71.8 cm³/mol. The number of nitro groups is 1. The lowest BCUT2D eigenvalue weighted by atomic mass is 10.1. The number of hydrogen-bond acceptors (Lipinski definition) is 5. The van der Waals surface area contributed by atoms with Crippen LogP contribution in [0.5, 0.6) is 0 Å². The zero-order valence-electron chi connectivity index (χ0n) is 10.4. The molecule has 0 aliphatic carbocycles. The third kappa shape index (κ3) is 4.00. The molecule has 1 fully saturated rings. The molecular formula is C12H16N2O4S. The van der Waals surface area contributed by atoms with E-state index in [9.17, 15) is 18.5 Å². The van der Waals surface area contributed by atoms with Crippen molar-refractivity contribution in [3.8, 4) is 0 Å². The first-order valence-electron chi connectivity index (χ1n) is 6.11. The van der Waals surface area contributed by atoms with Crippen LogP contribution in [0.2, 0.25) is 0 Å². The number of aryl methyl sites for hydroxylation is 1. The van der Waals surface area contributed by atoms with Gasteiger partial charge < -0.3 is 5.32 Å². The Bertz CT molecular complexity index is 550. The van der Waals surface area contributed by atoms with Crippen LogP contribution in [0, 0.1) is 16.0 Å². The first-order chi connectivity index (χ1) is 8.96. The van der Waals surface area contributed by atoms with Crippen molar-refractivity contribution >= 4 is 15.5 Å². The summed E-state index contributed by atoms with van der Waals surface area (Å²) >= 11 is 0. The molecule has 0 aromatic heterocycles. The summed E-state index contributed by atoms with van der Waals surface area (Å²) in [6.45, 7) is 1.55. The van der Waals surface area contributed by atoms with Gasteiger partial charge in [0.1, 0.15) is 0 Å². The van der Waals surface area contributed by atoms with Gasteiger partial charge in [0.05, 0.1) is 16.4 Å². The average Bonchev–Trinajstić information content (AvgIpc) is 2.32. The normalized spacial score (nSPS) is 16.0. The molecule has 1 N–H and O–H groups in total. The van der Waals surface area contributed by atoms with Crippen molar-refractivity contribution in [2.45, 2.75) is 6.42 Å². The molecule has 0 radical (unpaired) electrons. The van der Waals surface area contributed by atoms with Crippen LogP contribution >= 0.6 is 0 Å². The van der Waals surface area contributed by atoms with E-state index in [1.54, 1.807) is 12.1 Å². The minimum absolute atomic E-state index is 0.0205. The van der Waals surface area contributed by atoms with Gasteiger partial charge in [-0.05, 0) is 17.9 Å². The Morgan fingerprint density at radius 2 is 1.89 bits per heavy atom. The van der Waals surface area contributed by atoms with Gasteiger partial charge in [-0.2, -0.15) is 0 Å². The van der Waals surface area contributed by atoms with E-state index >= 15 is 0 Å². The molecule has 1 saturated heterocycles. The van der Waals surface area contributed by atoms with E-state index in [1.807, 2.05) is 0 Å². The molecule has 1 aliphatic heterocycles. The number of nitrogens with one attached hydrogen (secondary N) is 1. The van der Waals surface area contributed by atoms with Crippen LogP contribution in [0.3, 0.4) is 0 Å². The molecule has 7 heteroatoms. The van der Waals surface area contributed by atoms with Crippen molar-refractivity contribution in [3.63, 3.8) is 0 Å². The second-order valence-electron chi connectivity index (χ2n) is 4.81. The van der Waals surface area contributed by atoms with Crippen molar-refractivity contribution in [2.75, 3.05) is 24.6 Å². The highest BCUT2D eigenvalue weighted by Gasteiger charge is 2.23. The number of sulfone groups is 1. The maximum Gasteiger partial charge on any atom is 0.269 e. The quantitative estimate of drug-likeness (QED) is 0.615. The van der Waals surface area contributed by atoms with Crippen molar-refractivity contribution in [1.82, 2.24) is 5.32 Å². The van der Waals surface area contributed by atoms with E-state index < -0.39 is 14.8 Å². The summed E-state index contributed by atoms with van der Waals surface area (Å²) in [6, 6.07) is 6.02. The molecule has 0 bridgehead atoms. The van der Waals surface area contributed by atoms with Crippen LogP contribution in [0.1, 0.15) is 5.56 Å². The lowest BCUT2D eigenvalue weighted by Crippen LogP contribution is -2.45. The Morgan fingerprint density at radius 3 is 2.37 bits per heavy atom. The fourth-order valence-electron chi connectivity index (χ4n) is 1.97. The number of non-ortho nitro benzene ring substituents is 1. The molecule has 1 aromatic carbocycles. The SMILES string of the molecule is O=[N+]([O-])c1ccc(CCS(=O)(=O)CC2CNC2)cc1. The summed E-state index contributed by atoms with van der Waals surface area (Å²) in [6.07, 6.45) is 0.403. The minimum Gasteiger partial charge on any atom is -0.316 e. The van der Waals surface area contributed by atoms with Crippen LogP contribution in [-0.2, 0) is 16.3 Å². The van der Waals surface area contributed by atoms with Crippen molar-refractivity contribution in [1.29, 1.82) is 0 Å². The van der Waals surface area contributed by atoms with Gasteiger partial charge in [0.2, 0.25) is 0 Å². The predicted octanol–water partition coefficient (Wildman–Crippen LogP) is 0.771. The maximum atomic E-state index is 11.8. The van der Waals surface area contributed by atoms with Crippen LogP contribution in [0.4, 0.5) is 5.69 Å². The Hall–Kier alpha value is -1.47. The zero-order chi connectivity index (χ0) is 13.9. The summed E-state index contributed by atoms with van der Waals surface area (Å²) in [5, 5.41) is 13.5. The molecule has 1 heterocycles. The van der Waals surface area contributed by atoms with Gasteiger partial charge in [0.25, 0.3) is 5.69 Å². The van der Waals surface area contributed by atoms with E-state index in [-0.39, 0.29) is 23.1 Å². The number of nitro benzene ring substituents is 1. The van der Waals surface area contributed by atoms with Gasteiger partial charge in [0.15, 0.2) is 9.84 Å². The number of hydrogen-bond donors (Lipinski definition) is 1. The van der Waals surface area contributed by atoms with Crippen molar-refractivity contribution in [3.05, 3.63) is 39.9 Å². The first kappa shape index (κ1) is 14.0. The lowest BCUT2D eigenvalue weighted by molar-refractivity contribution is -0.384. The standard InChI is InChI=1S/C12H16N2O4S/c15-14(16)12-3-1-10(2-4-12)5-6-19(17,18)9-11-7-13-8-11/h1-4,11,13H,5-9H2. The van der Waals surface area contributed by atoms with Crippen LogP contribution in [-0.4, -0.2) is 37.9 Å². The Labute approximate surface area is 111 Å². The highest BCUT2D eigenvalue weighted by atomic mass is 32.2. The van der Waals surface area contributed by atoms with Crippen LogP contribution in [0.15, 0.2) is 24.3 Å². The molecule has 0 amide bonds. The highest BCUT2D eigenvalue weighted by Crippen LogP contribution is 2.14. The fraction of sp³-hybridized carbons (Fsp3) is 0.500. The largest absolute Gasteiger partial charge is 0.316 e. The summed E-state index contributed by atoms with van der Waals surface area (Å²) in [5.74, 6) is 0.566. The smallest absolute Gasteiger partial charge is 0.269 e. The van der Waals surface area contributed by atoms with Gasteiger partial charge in [0, 0.05) is 25.2 Å². The van der Waals surface area contributed by atoms with Crippen molar-refractivity contribution < 1.29 is 13.3 Å². The third-order valence-electron chi connectivity index (χ3n) is 3.20. The van der Waals surface area contributed by atoms with E-state index in [4.69, 9.17) is 0 Å². The molecule has 0 spiro atoms. The third-order valence-corrected chi connectivity index (χ3v) is 5.01. The van der Waals surface area contributed by atoms with E-state index in [0.717, 1.165) is 18.7 Å². The number of nitrogens with zero attached hydrogens (tertiary/aromatic N) is 1. The highest BCUT2D eigenvalue weighted by molar-refractivity contribution is 7.91. The van der Waals surface area contributed by atoms with E-state index in [2.05, 4.69) is 5.32 Å². The molecule has 0 saturated carbocycles. The molecule has 0 unspecified atom stereocenters. The van der Waals surface area contributed by atoms with Crippen LogP contribution < -0.4 is 5.32 Å².